The number of carbonyl (C=O) groups excluding carboxylic acids is 1. The van der Waals surface area contributed by atoms with Gasteiger partial charge in [-0.05, 0) is 44.9 Å². The molecule has 134 valence electrons. The number of benzene rings is 1. The third-order valence-corrected chi connectivity index (χ3v) is 3.82. The van der Waals surface area contributed by atoms with E-state index >= 15 is 0 Å². The Morgan fingerprint density at radius 1 is 1.29 bits per heavy atom. The Morgan fingerprint density at radius 2 is 1.96 bits per heavy atom. The standard InChI is InChI=1S/C17H23F3N2O2/c1-11-5-6-12(9-13(11)17(18,19)20)14-10-21-7-8-22(14)15(23)24-16(2,3)4/h5-6,9,14,21H,7-8,10H2,1-4H3. The molecule has 0 bridgehead atoms. The molecule has 2 rings (SSSR count). The van der Waals surface area contributed by atoms with Crippen molar-refractivity contribution >= 4 is 6.09 Å². The second-order valence-electron chi connectivity index (χ2n) is 6.97. The Morgan fingerprint density at radius 3 is 2.54 bits per heavy atom. The summed E-state index contributed by atoms with van der Waals surface area (Å²) in [5.41, 5.74) is -0.712. The van der Waals surface area contributed by atoms with Gasteiger partial charge in [0.25, 0.3) is 0 Å². The molecule has 1 unspecified atom stereocenters. The van der Waals surface area contributed by atoms with Crippen molar-refractivity contribution in [3.8, 4) is 0 Å². The van der Waals surface area contributed by atoms with Crippen LogP contribution in [0, 0.1) is 6.92 Å². The van der Waals surface area contributed by atoms with Crippen molar-refractivity contribution < 1.29 is 22.7 Å². The zero-order chi connectivity index (χ0) is 18.1. The third-order valence-electron chi connectivity index (χ3n) is 3.82. The number of nitrogens with one attached hydrogen (secondary N) is 1. The molecule has 1 saturated heterocycles. The number of hydrogen-bond donors (Lipinski definition) is 1. The normalized spacial score (nSPS) is 19.3. The summed E-state index contributed by atoms with van der Waals surface area (Å²) in [5, 5.41) is 3.12. The molecule has 24 heavy (non-hydrogen) atoms. The van der Waals surface area contributed by atoms with Gasteiger partial charge in [0.2, 0.25) is 0 Å². The van der Waals surface area contributed by atoms with Crippen LogP contribution in [0.4, 0.5) is 18.0 Å². The van der Waals surface area contributed by atoms with Crippen molar-refractivity contribution in [3.05, 3.63) is 34.9 Å². The SMILES string of the molecule is Cc1ccc(C2CNCCN2C(=O)OC(C)(C)C)cc1C(F)(F)F. The van der Waals surface area contributed by atoms with Gasteiger partial charge in [0.1, 0.15) is 5.60 Å². The fraction of sp³-hybridized carbons (Fsp3) is 0.588. The first kappa shape index (κ1) is 18.6. The second-order valence-corrected chi connectivity index (χ2v) is 6.97. The number of ether oxygens (including phenoxy) is 1. The van der Waals surface area contributed by atoms with E-state index in [1.54, 1.807) is 26.8 Å². The number of nitrogens with zero attached hydrogens (tertiary/aromatic N) is 1. The van der Waals surface area contributed by atoms with E-state index in [2.05, 4.69) is 5.32 Å². The van der Waals surface area contributed by atoms with Gasteiger partial charge >= 0.3 is 12.3 Å². The van der Waals surface area contributed by atoms with Crippen molar-refractivity contribution in [1.82, 2.24) is 10.2 Å². The van der Waals surface area contributed by atoms with Gasteiger partial charge in [0.05, 0.1) is 11.6 Å². The van der Waals surface area contributed by atoms with Crippen LogP contribution in [-0.2, 0) is 10.9 Å². The maximum atomic E-state index is 13.2. The van der Waals surface area contributed by atoms with Crippen LogP contribution in [-0.4, -0.2) is 36.2 Å². The lowest BCUT2D eigenvalue weighted by molar-refractivity contribution is -0.138. The van der Waals surface area contributed by atoms with Gasteiger partial charge in [-0.15, -0.1) is 0 Å². The number of rotatable bonds is 1. The summed E-state index contributed by atoms with van der Waals surface area (Å²) in [4.78, 5) is 13.9. The topological polar surface area (TPSA) is 41.6 Å². The maximum absolute atomic E-state index is 13.2. The summed E-state index contributed by atoms with van der Waals surface area (Å²) in [6.07, 6.45) is -4.93. The van der Waals surface area contributed by atoms with Crippen molar-refractivity contribution in [1.29, 1.82) is 0 Å². The Bertz CT molecular complexity index is 609. The highest BCUT2D eigenvalue weighted by molar-refractivity contribution is 5.69. The van der Waals surface area contributed by atoms with Crippen LogP contribution in [0.1, 0.15) is 43.5 Å². The van der Waals surface area contributed by atoms with E-state index in [-0.39, 0.29) is 5.56 Å². The molecule has 0 radical (unpaired) electrons. The number of piperazine rings is 1. The predicted molar refractivity (Wildman–Crippen MR) is 84.7 cm³/mol. The molecule has 1 N–H and O–H groups in total. The molecule has 1 atom stereocenters. The summed E-state index contributed by atoms with van der Waals surface area (Å²) in [5.74, 6) is 0. The Hall–Kier alpha value is -1.76. The van der Waals surface area contributed by atoms with Gasteiger partial charge in [-0.2, -0.15) is 13.2 Å². The van der Waals surface area contributed by atoms with Gasteiger partial charge in [-0.3, -0.25) is 4.90 Å². The summed E-state index contributed by atoms with van der Waals surface area (Å²) in [6.45, 7) is 8.06. The zero-order valence-corrected chi connectivity index (χ0v) is 14.3. The molecule has 7 heteroatoms. The smallest absolute Gasteiger partial charge is 0.416 e. The van der Waals surface area contributed by atoms with E-state index in [4.69, 9.17) is 4.74 Å². The van der Waals surface area contributed by atoms with Crippen LogP contribution >= 0.6 is 0 Å². The van der Waals surface area contributed by atoms with Gasteiger partial charge in [-0.1, -0.05) is 12.1 Å². The van der Waals surface area contributed by atoms with Crippen LogP contribution in [0.15, 0.2) is 18.2 Å². The van der Waals surface area contributed by atoms with E-state index in [0.717, 1.165) is 6.07 Å². The summed E-state index contributed by atoms with van der Waals surface area (Å²) >= 11 is 0. The van der Waals surface area contributed by atoms with Crippen LogP contribution < -0.4 is 5.32 Å². The first-order chi connectivity index (χ1) is 11.0. The van der Waals surface area contributed by atoms with Gasteiger partial charge in [0, 0.05) is 19.6 Å². The molecule has 1 aromatic rings. The maximum Gasteiger partial charge on any atom is 0.416 e. The average molecular weight is 344 g/mol. The molecule has 1 aromatic carbocycles. The van der Waals surface area contributed by atoms with Crippen LogP contribution in [0.2, 0.25) is 0 Å². The molecule has 1 heterocycles. The van der Waals surface area contributed by atoms with Crippen molar-refractivity contribution in [3.63, 3.8) is 0 Å². The predicted octanol–water partition coefficient (Wildman–Crippen LogP) is 3.90. The molecule has 1 aliphatic heterocycles. The number of halogens is 3. The minimum atomic E-state index is -4.42. The highest BCUT2D eigenvalue weighted by Gasteiger charge is 2.35. The Labute approximate surface area is 140 Å². The number of hydrogen-bond acceptors (Lipinski definition) is 3. The lowest BCUT2D eigenvalue weighted by Crippen LogP contribution is -2.50. The number of amides is 1. The molecule has 4 nitrogen and oxygen atoms in total. The van der Waals surface area contributed by atoms with E-state index in [0.29, 0.717) is 25.2 Å². The summed E-state index contributed by atoms with van der Waals surface area (Å²) in [7, 11) is 0. The molecule has 0 spiro atoms. The molecule has 1 aliphatic rings. The van der Waals surface area contributed by atoms with E-state index in [1.807, 2.05) is 0 Å². The van der Waals surface area contributed by atoms with Crippen LogP contribution in [0.3, 0.4) is 0 Å². The Balaban J connectivity index is 2.32. The van der Waals surface area contributed by atoms with Crippen molar-refractivity contribution in [2.24, 2.45) is 0 Å². The first-order valence-corrected chi connectivity index (χ1v) is 7.87. The van der Waals surface area contributed by atoms with E-state index in [9.17, 15) is 18.0 Å². The number of alkyl halides is 3. The van der Waals surface area contributed by atoms with Crippen molar-refractivity contribution in [2.45, 2.75) is 45.5 Å². The third kappa shape index (κ3) is 4.41. The summed E-state index contributed by atoms with van der Waals surface area (Å²) < 4.78 is 44.8. The highest BCUT2D eigenvalue weighted by atomic mass is 19.4. The average Bonchev–Trinajstić information content (AvgIpc) is 2.45. The fourth-order valence-electron chi connectivity index (χ4n) is 2.69. The van der Waals surface area contributed by atoms with Gasteiger partial charge in [0.15, 0.2) is 0 Å². The van der Waals surface area contributed by atoms with E-state index in [1.165, 1.54) is 17.9 Å². The van der Waals surface area contributed by atoms with Gasteiger partial charge in [-0.25, -0.2) is 4.79 Å². The largest absolute Gasteiger partial charge is 0.444 e. The molecule has 1 fully saturated rings. The highest BCUT2D eigenvalue weighted by Crippen LogP contribution is 2.35. The first-order valence-electron chi connectivity index (χ1n) is 7.87. The van der Waals surface area contributed by atoms with Crippen LogP contribution in [0.25, 0.3) is 0 Å². The minimum Gasteiger partial charge on any atom is -0.444 e. The number of aryl methyl sites for hydroxylation is 1. The van der Waals surface area contributed by atoms with Crippen LogP contribution in [0.5, 0.6) is 0 Å². The molecule has 0 saturated carbocycles. The molecule has 0 aliphatic carbocycles. The zero-order valence-electron chi connectivity index (χ0n) is 14.3. The molecular weight excluding hydrogens is 321 g/mol. The lowest BCUT2D eigenvalue weighted by atomic mass is 9.98. The lowest BCUT2D eigenvalue weighted by Gasteiger charge is -2.37. The van der Waals surface area contributed by atoms with E-state index < -0.39 is 29.5 Å². The minimum absolute atomic E-state index is 0.166. The van der Waals surface area contributed by atoms with Crippen molar-refractivity contribution in [2.75, 3.05) is 19.6 Å². The number of carbonyl (C=O) groups is 1. The molecule has 1 amide bonds. The summed E-state index contributed by atoms with van der Waals surface area (Å²) in [6, 6.07) is 3.72. The Kier molecular flexibility index (Phi) is 5.13. The molecular formula is C17H23F3N2O2. The fourth-order valence-corrected chi connectivity index (χ4v) is 2.69. The second kappa shape index (κ2) is 6.63. The van der Waals surface area contributed by atoms with Gasteiger partial charge < -0.3 is 10.1 Å². The molecule has 0 aromatic heterocycles. The quantitative estimate of drug-likeness (QED) is 0.840. The monoisotopic (exact) mass is 344 g/mol.